The molecule has 0 atom stereocenters. The molecular weight excluding hydrogens is 247 g/mol. The number of pyridine rings is 1. The van der Waals surface area contributed by atoms with Crippen molar-refractivity contribution in [2.75, 3.05) is 5.09 Å². The summed E-state index contributed by atoms with van der Waals surface area (Å²) in [6.45, 7) is 0. The molecule has 12 heavy (non-hydrogen) atoms. The topological polar surface area (TPSA) is 82.5 Å². The zero-order chi connectivity index (χ0) is 9.19. The van der Waals surface area contributed by atoms with Crippen LogP contribution in [0.4, 0.5) is 5.82 Å². The van der Waals surface area contributed by atoms with Gasteiger partial charge in [0.1, 0.15) is 5.82 Å². The van der Waals surface area contributed by atoms with E-state index in [1.807, 2.05) is 5.09 Å². The van der Waals surface area contributed by atoms with Crippen molar-refractivity contribution < 1.29 is 14.4 Å². The van der Waals surface area contributed by atoms with E-state index in [9.17, 15) is 4.57 Å². The standard InChI is InChI=1S/C5H6BrN2O3P/c6-4-1-2-5(7-3-4)8-12(9,10)11/h1-3H,(H3,7,8,9,10,11). The number of nitrogens with one attached hydrogen (secondary N) is 1. The third kappa shape index (κ3) is 3.32. The Bertz CT molecular complexity index is 309. The predicted octanol–water partition coefficient (Wildman–Crippen LogP) is 1.35. The van der Waals surface area contributed by atoms with E-state index in [1.165, 1.54) is 12.3 Å². The lowest BCUT2D eigenvalue weighted by Crippen LogP contribution is -1.96. The van der Waals surface area contributed by atoms with Crippen molar-refractivity contribution >= 4 is 29.5 Å². The molecule has 1 heterocycles. The molecule has 0 aromatic carbocycles. The van der Waals surface area contributed by atoms with Gasteiger partial charge in [-0.25, -0.2) is 9.55 Å². The minimum atomic E-state index is -4.23. The van der Waals surface area contributed by atoms with Gasteiger partial charge in [-0.15, -0.1) is 0 Å². The van der Waals surface area contributed by atoms with Gasteiger partial charge in [0.05, 0.1) is 0 Å². The Labute approximate surface area is 77.2 Å². The van der Waals surface area contributed by atoms with Crippen molar-refractivity contribution in [3.8, 4) is 0 Å². The van der Waals surface area contributed by atoms with Crippen molar-refractivity contribution in [3.63, 3.8) is 0 Å². The number of hydrogen-bond donors (Lipinski definition) is 3. The van der Waals surface area contributed by atoms with Gasteiger partial charge in [-0.3, -0.25) is 5.09 Å². The summed E-state index contributed by atoms with van der Waals surface area (Å²) in [5.41, 5.74) is 0. The van der Waals surface area contributed by atoms with Crippen LogP contribution in [-0.4, -0.2) is 14.8 Å². The second-order valence-corrected chi connectivity index (χ2v) is 4.24. The van der Waals surface area contributed by atoms with Crippen LogP contribution in [0.3, 0.4) is 0 Å². The molecule has 1 aromatic heterocycles. The molecule has 0 radical (unpaired) electrons. The zero-order valence-electron chi connectivity index (χ0n) is 5.81. The second kappa shape index (κ2) is 3.53. The van der Waals surface area contributed by atoms with E-state index >= 15 is 0 Å². The first kappa shape index (κ1) is 9.67. The van der Waals surface area contributed by atoms with Gasteiger partial charge < -0.3 is 9.79 Å². The van der Waals surface area contributed by atoms with Crippen molar-refractivity contribution in [2.24, 2.45) is 0 Å². The van der Waals surface area contributed by atoms with E-state index in [1.54, 1.807) is 6.07 Å². The first-order valence-corrected chi connectivity index (χ1v) is 5.33. The summed E-state index contributed by atoms with van der Waals surface area (Å²) in [6, 6.07) is 3.09. The maximum atomic E-state index is 10.4. The number of nitrogens with zero attached hydrogens (tertiary/aromatic N) is 1. The number of hydrogen-bond acceptors (Lipinski definition) is 2. The Morgan fingerprint density at radius 2 is 2.17 bits per heavy atom. The van der Waals surface area contributed by atoms with E-state index in [-0.39, 0.29) is 5.82 Å². The normalized spacial score (nSPS) is 11.2. The highest BCUT2D eigenvalue weighted by molar-refractivity contribution is 9.10. The van der Waals surface area contributed by atoms with Gasteiger partial charge in [0.15, 0.2) is 0 Å². The predicted molar refractivity (Wildman–Crippen MR) is 47.6 cm³/mol. The van der Waals surface area contributed by atoms with Crippen LogP contribution in [0.25, 0.3) is 0 Å². The van der Waals surface area contributed by atoms with Crippen LogP contribution in [0.15, 0.2) is 22.8 Å². The monoisotopic (exact) mass is 252 g/mol. The summed E-state index contributed by atoms with van der Waals surface area (Å²) in [7, 11) is -4.23. The molecule has 7 heteroatoms. The fourth-order valence-electron chi connectivity index (χ4n) is 0.591. The lowest BCUT2D eigenvalue weighted by Gasteiger charge is -2.05. The van der Waals surface area contributed by atoms with Crippen molar-refractivity contribution in [3.05, 3.63) is 22.8 Å². The Morgan fingerprint density at radius 1 is 1.50 bits per heavy atom. The van der Waals surface area contributed by atoms with Crippen LogP contribution in [-0.2, 0) is 4.57 Å². The molecule has 3 N–H and O–H groups in total. The molecule has 1 rings (SSSR count). The molecule has 0 aliphatic heterocycles. The van der Waals surface area contributed by atoms with Crippen molar-refractivity contribution in [1.82, 2.24) is 4.98 Å². The number of rotatable bonds is 2. The Balaban J connectivity index is 2.78. The molecule has 66 valence electrons. The minimum Gasteiger partial charge on any atom is -0.308 e. The minimum absolute atomic E-state index is 0.145. The molecule has 5 nitrogen and oxygen atoms in total. The summed E-state index contributed by atoms with van der Waals surface area (Å²) in [4.78, 5) is 20.7. The summed E-state index contributed by atoms with van der Waals surface area (Å²) in [5.74, 6) is 0.145. The van der Waals surface area contributed by atoms with Crippen molar-refractivity contribution in [2.45, 2.75) is 0 Å². The van der Waals surface area contributed by atoms with Gasteiger partial charge in [-0.1, -0.05) is 0 Å². The zero-order valence-corrected chi connectivity index (χ0v) is 8.29. The van der Waals surface area contributed by atoms with Gasteiger partial charge in [0.2, 0.25) is 0 Å². The molecule has 1 aromatic rings. The fourth-order valence-corrected chi connectivity index (χ4v) is 1.26. The summed E-state index contributed by atoms with van der Waals surface area (Å²) >= 11 is 3.14. The van der Waals surface area contributed by atoms with E-state index in [2.05, 4.69) is 20.9 Å². The highest BCUT2D eigenvalue weighted by Gasteiger charge is 2.12. The van der Waals surface area contributed by atoms with Crippen LogP contribution in [0, 0.1) is 0 Å². The molecule has 0 amide bonds. The van der Waals surface area contributed by atoms with Gasteiger partial charge in [0.25, 0.3) is 0 Å². The summed E-state index contributed by atoms with van der Waals surface area (Å²) in [6.07, 6.45) is 1.44. The van der Waals surface area contributed by atoms with E-state index in [4.69, 9.17) is 9.79 Å². The van der Waals surface area contributed by atoms with Gasteiger partial charge in [-0.2, -0.15) is 0 Å². The van der Waals surface area contributed by atoms with E-state index in [0.29, 0.717) is 0 Å². The largest absolute Gasteiger partial charge is 0.428 e. The highest BCUT2D eigenvalue weighted by Crippen LogP contribution is 2.34. The van der Waals surface area contributed by atoms with Crippen LogP contribution >= 0.6 is 23.7 Å². The molecule has 0 fully saturated rings. The second-order valence-electron chi connectivity index (χ2n) is 2.02. The van der Waals surface area contributed by atoms with Crippen LogP contribution in [0.5, 0.6) is 0 Å². The van der Waals surface area contributed by atoms with Gasteiger partial charge in [-0.05, 0) is 28.1 Å². The lowest BCUT2D eigenvalue weighted by atomic mass is 10.5. The Morgan fingerprint density at radius 3 is 2.58 bits per heavy atom. The maximum Gasteiger partial charge on any atom is 0.428 e. The van der Waals surface area contributed by atoms with Crippen LogP contribution in [0.2, 0.25) is 0 Å². The SMILES string of the molecule is O=P(O)(O)Nc1ccc(Br)cn1. The molecule has 0 unspecified atom stereocenters. The molecule has 0 aliphatic rings. The Hall–Kier alpha value is -0.420. The number of halogens is 1. The van der Waals surface area contributed by atoms with Crippen LogP contribution in [0.1, 0.15) is 0 Å². The van der Waals surface area contributed by atoms with E-state index < -0.39 is 7.75 Å². The first-order chi connectivity index (χ1) is 5.47. The van der Waals surface area contributed by atoms with E-state index in [0.717, 1.165) is 4.47 Å². The van der Waals surface area contributed by atoms with Crippen molar-refractivity contribution in [1.29, 1.82) is 0 Å². The smallest absolute Gasteiger partial charge is 0.308 e. The highest BCUT2D eigenvalue weighted by atomic mass is 79.9. The van der Waals surface area contributed by atoms with Gasteiger partial charge in [0, 0.05) is 10.7 Å². The van der Waals surface area contributed by atoms with Gasteiger partial charge >= 0.3 is 7.75 Å². The molecule has 0 saturated heterocycles. The summed E-state index contributed by atoms with van der Waals surface area (Å²) in [5, 5.41) is 1.94. The number of aromatic nitrogens is 1. The molecule has 0 saturated carbocycles. The fraction of sp³-hybridized carbons (Fsp3) is 0. The quantitative estimate of drug-likeness (QED) is 0.693. The van der Waals surface area contributed by atoms with Crippen LogP contribution < -0.4 is 5.09 Å². The maximum absolute atomic E-state index is 10.4. The molecule has 0 bridgehead atoms. The molecule has 0 spiro atoms. The number of anilines is 1. The molecular formula is C5H6BrN2O3P. The molecule has 0 aliphatic carbocycles. The average Bonchev–Trinajstić information content (AvgIpc) is 1.91. The lowest BCUT2D eigenvalue weighted by molar-refractivity contribution is 0.380. The first-order valence-electron chi connectivity index (χ1n) is 2.93. The summed E-state index contributed by atoms with van der Waals surface area (Å²) < 4.78 is 11.2. The third-order valence-corrected chi connectivity index (χ3v) is 1.98. The average molecular weight is 253 g/mol. The Kier molecular flexibility index (Phi) is 2.85. The third-order valence-electron chi connectivity index (χ3n) is 0.988.